The molecule has 0 saturated heterocycles. The van der Waals surface area contributed by atoms with E-state index in [1.165, 1.54) is 0 Å². The molecule has 5 heteroatoms. The summed E-state index contributed by atoms with van der Waals surface area (Å²) in [6.45, 7) is 2.31. The molecule has 0 aliphatic heterocycles. The molecule has 2 atom stereocenters. The highest BCUT2D eigenvalue weighted by molar-refractivity contribution is 9.10. The van der Waals surface area contributed by atoms with Crippen LogP contribution in [0, 0.1) is 0 Å². The zero-order valence-corrected chi connectivity index (χ0v) is 12.2. The van der Waals surface area contributed by atoms with Gasteiger partial charge in [0, 0.05) is 11.0 Å². The first-order valence-corrected chi connectivity index (χ1v) is 6.68. The number of carbonyl (C=O) groups excluding carboxylic acids is 1. The lowest BCUT2D eigenvalue weighted by Gasteiger charge is -2.27. The van der Waals surface area contributed by atoms with Crippen LogP contribution in [0.4, 0.5) is 0 Å². The summed E-state index contributed by atoms with van der Waals surface area (Å²) in [7, 11) is 1.79. The molecule has 1 rings (SSSR count). The molecule has 0 aromatic heterocycles. The smallest absolute Gasteiger partial charge is 0.239 e. The van der Waals surface area contributed by atoms with Crippen molar-refractivity contribution in [1.29, 1.82) is 0 Å². The van der Waals surface area contributed by atoms with Crippen molar-refractivity contribution >= 4 is 21.8 Å². The van der Waals surface area contributed by atoms with Gasteiger partial charge in [0.1, 0.15) is 6.04 Å². The van der Waals surface area contributed by atoms with Crippen molar-refractivity contribution in [2.24, 2.45) is 5.73 Å². The zero-order chi connectivity index (χ0) is 13.7. The topological polar surface area (TPSA) is 66.6 Å². The molecular formula is C13H19BrN2O2. The first-order chi connectivity index (χ1) is 8.45. The predicted octanol–water partition coefficient (Wildman–Crippen LogP) is 1.68. The van der Waals surface area contributed by atoms with Crippen LogP contribution in [0.15, 0.2) is 28.7 Å². The van der Waals surface area contributed by atoms with Gasteiger partial charge in [0.15, 0.2) is 0 Å². The number of halogens is 1. The second-order valence-electron chi connectivity index (χ2n) is 4.36. The van der Waals surface area contributed by atoms with Crippen molar-refractivity contribution in [1.82, 2.24) is 4.90 Å². The minimum Gasteiger partial charge on any atom is -0.392 e. The number of rotatable bonds is 6. The zero-order valence-electron chi connectivity index (χ0n) is 10.6. The Bertz CT molecular complexity index is 412. The van der Waals surface area contributed by atoms with Crippen LogP contribution >= 0.6 is 15.9 Å². The van der Waals surface area contributed by atoms with E-state index in [2.05, 4.69) is 15.9 Å². The summed E-state index contributed by atoms with van der Waals surface area (Å²) >= 11 is 3.37. The standard InChI is InChI=1S/C13H19BrN2O2/c1-3-11(17)8-16(2)12(13(15)18)9-5-4-6-10(14)7-9/h4-7,11-12,17H,3,8H2,1-2H3,(H2,15,18)/t11-,12?/m1/s1. The molecule has 4 nitrogen and oxygen atoms in total. The fraction of sp³-hybridized carbons (Fsp3) is 0.462. The van der Waals surface area contributed by atoms with Crippen LogP contribution in [0.5, 0.6) is 0 Å². The van der Waals surface area contributed by atoms with Gasteiger partial charge in [-0.25, -0.2) is 0 Å². The number of benzene rings is 1. The third-order valence-electron chi connectivity index (χ3n) is 2.84. The highest BCUT2D eigenvalue weighted by Crippen LogP contribution is 2.22. The van der Waals surface area contributed by atoms with Gasteiger partial charge in [0.05, 0.1) is 6.10 Å². The average Bonchev–Trinajstić information content (AvgIpc) is 2.28. The van der Waals surface area contributed by atoms with E-state index in [0.717, 1.165) is 10.0 Å². The summed E-state index contributed by atoms with van der Waals surface area (Å²) in [5.41, 5.74) is 6.28. The SMILES string of the molecule is CC[C@@H](O)CN(C)C(C(N)=O)c1cccc(Br)c1. The molecule has 0 spiro atoms. The van der Waals surface area contributed by atoms with Crippen molar-refractivity contribution in [3.05, 3.63) is 34.3 Å². The molecule has 0 aliphatic carbocycles. The molecule has 100 valence electrons. The van der Waals surface area contributed by atoms with Gasteiger partial charge < -0.3 is 10.8 Å². The van der Waals surface area contributed by atoms with Gasteiger partial charge in [-0.3, -0.25) is 9.69 Å². The number of primary amides is 1. The summed E-state index contributed by atoms with van der Waals surface area (Å²) in [6.07, 6.45) is 0.193. The largest absolute Gasteiger partial charge is 0.392 e. The van der Waals surface area contributed by atoms with E-state index in [-0.39, 0.29) is 0 Å². The van der Waals surface area contributed by atoms with Gasteiger partial charge in [-0.2, -0.15) is 0 Å². The molecule has 1 unspecified atom stereocenters. The number of carbonyl (C=O) groups is 1. The quantitative estimate of drug-likeness (QED) is 0.839. The number of nitrogens with zero attached hydrogens (tertiary/aromatic N) is 1. The molecule has 0 radical (unpaired) electrons. The summed E-state index contributed by atoms with van der Waals surface area (Å²) in [6, 6.07) is 6.95. The maximum Gasteiger partial charge on any atom is 0.239 e. The Kier molecular flexibility index (Phi) is 5.78. The third-order valence-corrected chi connectivity index (χ3v) is 3.34. The fourth-order valence-electron chi connectivity index (χ4n) is 1.88. The van der Waals surface area contributed by atoms with E-state index in [4.69, 9.17) is 5.73 Å². The first kappa shape index (κ1) is 15.1. The van der Waals surface area contributed by atoms with Gasteiger partial charge >= 0.3 is 0 Å². The van der Waals surface area contributed by atoms with E-state index >= 15 is 0 Å². The number of hydrogen-bond acceptors (Lipinski definition) is 3. The number of likely N-dealkylation sites (N-methyl/N-ethyl adjacent to an activating group) is 1. The van der Waals surface area contributed by atoms with Crippen LogP contribution in [-0.4, -0.2) is 35.6 Å². The first-order valence-electron chi connectivity index (χ1n) is 5.88. The lowest BCUT2D eigenvalue weighted by atomic mass is 10.0. The fourth-order valence-corrected chi connectivity index (χ4v) is 2.30. The summed E-state index contributed by atoms with van der Waals surface area (Å²) in [5, 5.41) is 9.66. The van der Waals surface area contributed by atoms with E-state index in [1.807, 2.05) is 31.2 Å². The van der Waals surface area contributed by atoms with E-state index in [1.54, 1.807) is 11.9 Å². The molecular weight excluding hydrogens is 296 g/mol. The van der Waals surface area contributed by atoms with Gasteiger partial charge in [-0.15, -0.1) is 0 Å². The second kappa shape index (κ2) is 6.87. The Hall–Kier alpha value is -0.910. The van der Waals surface area contributed by atoms with Crippen molar-refractivity contribution in [2.45, 2.75) is 25.5 Å². The molecule has 1 aromatic carbocycles. The van der Waals surface area contributed by atoms with Crippen LogP contribution < -0.4 is 5.73 Å². The number of nitrogens with two attached hydrogens (primary N) is 1. The van der Waals surface area contributed by atoms with Crippen LogP contribution in [0.2, 0.25) is 0 Å². The molecule has 3 N–H and O–H groups in total. The van der Waals surface area contributed by atoms with Gasteiger partial charge in [-0.1, -0.05) is 35.0 Å². The van der Waals surface area contributed by atoms with E-state index < -0.39 is 18.1 Å². The van der Waals surface area contributed by atoms with Gasteiger partial charge in [0.25, 0.3) is 0 Å². The minimum absolute atomic E-state index is 0.413. The molecule has 0 saturated carbocycles. The van der Waals surface area contributed by atoms with Crippen molar-refractivity contribution in [2.75, 3.05) is 13.6 Å². The normalized spacial score (nSPS) is 14.5. The molecule has 0 heterocycles. The van der Waals surface area contributed by atoms with Crippen molar-refractivity contribution in [3.63, 3.8) is 0 Å². The Morgan fingerprint density at radius 3 is 2.72 bits per heavy atom. The van der Waals surface area contributed by atoms with Crippen LogP contribution in [0.25, 0.3) is 0 Å². The highest BCUT2D eigenvalue weighted by Gasteiger charge is 2.24. The molecule has 1 aromatic rings. The molecule has 18 heavy (non-hydrogen) atoms. The van der Waals surface area contributed by atoms with E-state index in [9.17, 15) is 9.90 Å². The number of hydrogen-bond donors (Lipinski definition) is 2. The summed E-state index contributed by atoms with van der Waals surface area (Å²) in [4.78, 5) is 13.4. The number of aliphatic hydroxyl groups is 1. The molecule has 0 fully saturated rings. The van der Waals surface area contributed by atoms with Crippen molar-refractivity contribution in [3.8, 4) is 0 Å². The number of aliphatic hydroxyl groups excluding tert-OH is 1. The lowest BCUT2D eigenvalue weighted by Crippen LogP contribution is -2.39. The third kappa shape index (κ3) is 4.08. The maximum atomic E-state index is 11.6. The lowest BCUT2D eigenvalue weighted by molar-refractivity contribution is -0.123. The maximum absolute atomic E-state index is 11.6. The monoisotopic (exact) mass is 314 g/mol. The van der Waals surface area contributed by atoms with Crippen molar-refractivity contribution < 1.29 is 9.90 Å². The van der Waals surface area contributed by atoms with E-state index in [0.29, 0.717) is 13.0 Å². The Morgan fingerprint density at radius 2 is 2.22 bits per heavy atom. The Morgan fingerprint density at radius 1 is 1.56 bits per heavy atom. The summed E-state index contributed by atoms with van der Waals surface area (Å²) in [5.74, 6) is -0.418. The highest BCUT2D eigenvalue weighted by atomic mass is 79.9. The Balaban J connectivity index is 2.92. The Labute approximate surface area is 116 Å². The predicted molar refractivity (Wildman–Crippen MR) is 75.0 cm³/mol. The second-order valence-corrected chi connectivity index (χ2v) is 5.28. The van der Waals surface area contributed by atoms with Crippen LogP contribution in [0.1, 0.15) is 24.9 Å². The summed E-state index contributed by atoms with van der Waals surface area (Å²) < 4.78 is 0.899. The van der Waals surface area contributed by atoms with Gasteiger partial charge in [0.2, 0.25) is 5.91 Å². The average molecular weight is 315 g/mol. The molecule has 1 amide bonds. The molecule has 0 bridgehead atoms. The van der Waals surface area contributed by atoms with Crippen LogP contribution in [-0.2, 0) is 4.79 Å². The minimum atomic E-state index is -0.524. The molecule has 0 aliphatic rings. The van der Waals surface area contributed by atoms with Crippen LogP contribution in [0.3, 0.4) is 0 Å². The van der Waals surface area contributed by atoms with Gasteiger partial charge in [-0.05, 0) is 31.2 Å². The number of amides is 1.